The number of carbonyl (C=O) groups is 1. The van der Waals surface area contributed by atoms with Gasteiger partial charge >= 0.3 is 0 Å². The van der Waals surface area contributed by atoms with E-state index in [2.05, 4.69) is 58.8 Å². The lowest BCUT2D eigenvalue weighted by Crippen LogP contribution is -2.35. The van der Waals surface area contributed by atoms with E-state index < -0.39 is 7.92 Å². The fourth-order valence-corrected chi connectivity index (χ4v) is 5.63. The third-order valence-corrected chi connectivity index (χ3v) is 7.72. The number of nitrogens with zero attached hydrogens (tertiary/aromatic N) is 2. The van der Waals surface area contributed by atoms with Gasteiger partial charge in [-0.05, 0) is 87.3 Å². The number of hydrogen-bond acceptors (Lipinski definition) is 5. The van der Waals surface area contributed by atoms with Crippen LogP contribution in [0.15, 0.2) is 60.8 Å². The Kier molecular flexibility index (Phi) is 8.74. The molecule has 3 heterocycles. The van der Waals surface area contributed by atoms with E-state index in [-0.39, 0.29) is 18.4 Å². The molecule has 194 valence electrons. The van der Waals surface area contributed by atoms with Gasteiger partial charge in [0.25, 0.3) is 6.47 Å². The Morgan fingerprint density at radius 1 is 1.14 bits per heavy atom. The number of aromatic nitrogens is 2. The summed E-state index contributed by atoms with van der Waals surface area (Å²) in [5.74, 6) is 0.743. The third-order valence-electron chi connectivity index (χ3n) is 6.37. The van der Waals surface area contributed by atoms with Gasteiger partial charge in [0, 0.05) is 41.4 Å². The number of ether oxygens (including phenoxy) is 1. The highest BCUT2D eigenvalue weighted by molar-refractivity contribution is 7.64. The van der Waals surface area contributed by atoms with Gasteiger partial charge in [-0.2, -0.15) is 0 Å². The number of fused-ring (bicyclic) bond motifs is 1. The second-order valence-corrected chi connectivity index (χ2v) is 11.4. The first-order valence-electron chi connectivity index (χ1n) is 12.1. The van der Waals surface area contributed by atoms with Crippen LogP contribution in [0.3, 0.4) is 0 Å². The van der Waals surface area contributed by atoms with E-state index in [1.807, 2.05) is 24.3 Å². The second kappa shape index (κ2) is 12.2. The zero-order valence-electron chi connectivity index (χ0n) is 21.2. The quantitative estimate of drug-likeness (QED) is 0.224. The Labute approximate surface area is 217 Å². The van der Waals surface area contributed by atoms with E-state index in [9.17, 15) is 4.39 Å². The zero-order valence-corrected chi connectivity index (χ0v) is 22.1. The lowest BCUT2D eigenvalue weighted by atomic mass is 10.1. The number of piperidine rings is 1. The van der Waals surface area contributed by atoms with E-state index >= 15 is 0 Å². The van der Waals surface area contributed by atoms with Crippen molar-refractivity contribution >= 4 is 42.1 Å². The SMILES string of the molecule is CN1CCC(Oc2ccc(-c3cc4c(Nc5cccc(F)c5P(C)C)ccnc4[nH]3)cc2)CC1.O=CO. The zero-order chi connectivity index (χ0) is 26.4. The lowest BCUT2D eigenvalue weighted by Gasteiger charge is -2.29. The molecule has 0 aliphatic carbocycles. The summed E-state index contributed by atoms with van der Waals surface area (Å²) in [5.41, 5.74) is 4.55. The van der Waals surface area contributed by atoms with Crippen molar-refractivity contribution in [3.05, 3.63) is 66.6 Å². The molecule has 0 radical (unpaired) electrons. The van der Waals surface area contributed by atoms with Crippen molar-refractivity contribution in [3.63, 3.8) is 0 Å². The third kappa shape index (κ3) is 6.45. The van der Waals surface area contributed by atoms with Crippen LogP contribution in [0.25, 0.3) is 22.3 Å². The normalized spacial score (nSPS) is 14.3. The van der Waals surface area contributed by atoms with E-state index in [0.717, 1.165) is 70.7 Å². The highest BCUT2D eigenvalue weighted by atomic mass is 31.1. The standard InChI is InChI=1S/C27H30FN4OP.CH2O2/c1-32-15-12-20(13-16-32)33-19-9-7-18(8-10-19)25-17-21-23(11-14-29-27(21)31-25)30-24-6-4-5-22(28)26(24)34(2)3;2-1-3/h4-11,14,17,20H,12-13,15-16H2,1-3H3,(H2,29,30,31);1H,(H,2,3). The number of anilines is 2. The van der Waals surface area contributed by atoms with Gasteiger partial charge in [0.2, 0.25) is 0 Å². The number of rotatable bonds is 6. The van der Waals surface area contributed by atoms with Crippen LogP contribution < -0.4 is 15.4 Å². The predicted molar refractivity (Wildman–Crippen MR) is 149 cm³/mol. The summed E-state index contributed by atoms with van der Waals surface area (Å²) in [5, 5.41) is 12.1. The molecule has 0 bridgehead atoms. The number of carboxylic acid groups (broad SMARTS) is 1. The van der Waals surface area contributed by atoms with Crippen molar-refractivity contribution in [2.75, 3.05) is 38.8 Å². The number of pyridine rings is 1. The molecule has 1 aliphatic rings. The molecule has 5 rings (SSSR count). The molecule has 0 atom stereocenters. The molecular formula is C28H32FN4O3P. The van der Waals surface area contributed by atoms with Gasteiger partial charge in [-0.25, -0.2) is 9.37 Å². The molecule has 2 aromatic heterocycles. The van der Waals surface area contributed by atoms with Gasteiger partial charge in [-0.15, -0.1) is 0 Å². The van der Waals surface area contributed by atoms with Crippen LogP contribution in [0.2, 0.25) is 0 Å². The molecule has 2 aromatic carbocycles. The largest absolute Gasteiger partial charge is 0.490 e. The maximum Gasteiger partial charge on any atom is 0.290 e. The van der Waals surface area contributed by atoms with E-state index in [1.54, 1.807) is 12.3 Å². The van der Waals surface area contributed by atoms with E-state index in [0.29, 0.717) is 0 Å². The summed E-state index contributed by atoms with van der Waals surface area (Å²) in [6.07, 6.45) is 4.18. The van der Waals surface area contributed by atoms with Crippen LogP contribution in [0.4, 0.5) is 15.8 Å². The molecule has 0 unspecified atom stereocenters. The molecule has 37 heavy (non-hydrogen) atoms. The van der Waals surface area contributed by atoms with Crippen molar-refractivity contribution in [3.8, 4) is 17.0 Å². The summed E-state index contributed by atoms with van der Waals surface area (Å²) < 4.78 is 20.7. The number of benzene rings is 2. The minimum atomic E-state index is -0.595. The Morgan fingerprint density at radius 2 is 1.84 bits per heavy atom. The summed E-state index contributed by atoms with van der Waals surface area (Å²) in [4.78, 5) is 18.6. The minimum Gasteiger partial charge on any atom is -0.490 e. The molecule has 7 nitrogen and oxygen atoms in total. The number of nitrogens with one attached hydrogen (secondary N) is 2. The first-order valence-corrected chi connectivity index (χ1v) is 14.4. The Morgan fingerprint density at radius 3 is 2.51 bits per heavy atom. The van der Waals surface area contributed by atoms with Crippen LogP contribution in [0.1, 0.15) is 12.8 Å². The summed E-state index contributed by atoms with van der Waals surface area (Å²) in [7, 11) is 1.56. The molecule has 0 saturated carbocycles. The van der Waals surface area contributed by atoms with Crippen molar-refractivity contribution < 1.29 is 19.0 Å². The number of aromatic amines is 1. The highest BCUT2D eigenvalue weighted by Crippen LogP contribution is 2.34. The summed E-state index contributed by atoms with van der Waals surface area (Å²) in [6.45, 7) is 6.04. The molecule has 1 saturated heterocycles. The van der Waals surface area contributed by atoms with Crippen molar-refractivity contribution in [2.24, 2.45) is 0 Å². The maximum atomic E-state index is 14.5. The summed E-state index contributed by atoms with van der Waals surface area (Å²) >= 11 is 0. The Bertz CT molecular complexity index is 1340. The molecule has 1 aliphatic heterocycles. The van der Waals surface area contributed by atoms with E-state index in [1.165, 1.54) is 6.07 Å². The first-order chi connectivity index (χ1) is 17.9. The van der Waals surface area contributed by atoms with Crippen LogP contribution >= 0.6 is 7.92 Å². The van der Waals surface area contributed by atoms with Crippen LogP contribution in [0.5, 0.6) is 5.75 Å². The Balaban J connectivity index is 0.00000102. The number of likely N-dealkylation sites (tertiary alicyclic amines) is 1. The fourth-order valence-electron chi connectivity index (χ4n) is 4.52. The number of H-pyrrole nitrogens is 1. The Hall–Kier alpha value is -3.48. The first kappa shape index (κ1) is 26.6. The second-order valence-electron chi connectivity index (χ2n) is 9.21. The van der Waals surface area contributed by atoms with Gasteiger partial charge < -0.3 is 25.0 Å². The molecule has 4 aromatic rings. The van der Waals surface area contributed by atoms with Gasteiger partial charge in [-0.1, -0.05) is 14.0 Å². The average Bonchev–Trinajstić information content (AvgIpc) is 3.32. The number of hydrogen-bond donors (Lipinski definition) is 3. The minimum absolute atomic E-state index is 0.163. The summed E-state index contributed by atoms with van der Waals surface area (Å²) in [6, 6.07) is 17.5. The van der Waals surface area contributed by atoms with Gasteiger partial charge in [0.05, 0.1) is 5.69 Å². The molecular weight excluding hydrogens is 490 g/mol. The van der Waals surface area contributed by atoms with Crippen LogP contribution in [-0.4, -0.2) is 66.0 Å². The highest BCUT2D eigenvalue weighted by Gasteiger charge is 2.18. The topological polar surface area (TPSA) is 90.5 Å². The van der Waals surface area contributed by atoms with Gasteiger partial charge in [-0.3, -0.25) is 4.79 Å². The molecule has 1 fully saturated rings. The van der Waals surface area contributed by atoms with Crippen LogP contribution in [-0.2, 0) is 4.79 Å². The average molecular weight is 523 g/mol. The maximum absolute atomic E-state index is 14.5. The lowest BCUT2D eigenvalue weighted by molar-refractivity contribution is -0.122. The van der Waals surface area contributed by atoms with Crippen molar-refractivity contribution in [2.45, 2.75) is 18.9 Å². The van der Waals surface area contributed by atoms with Gasteiger partial charge in [0.15, 0.2) is 0 Å². The van der Waals surface area contributed by atoms with Crippen LogP contribution in [0, 0.1) is 5.82 Å². The van der Waals surface area contributed by atoms with Crippen molar-refractivity contribution in [1.29, 1.82) is 0 Å². The smallest absolute Gasteiger partial charge is 0.290 e. The molecule has 0 spiro atoms. The predicted octanol–water partition coefficient (Wildman–Crippen LogP) is 5.65. The van der Waals surface area contributed by atoms with Crippen molar-refractivity contribution in [1.82, 2.24) is 14.9 Å². The van der Waals surface area contributed by atoms with Gasteiger partial charge in [0.1, 0.15) is 23.3 Å². The van der Waals surface area contributed by atoms with E-state index in [4.69, 9.17) is 14.6 Å². The fraction of sp³-hybridized carbons (Fsp3) is 0.286. The number of halogens is 1. The molecule has 0 amide bonds. The molecule has 3 N–H and O–H groups in total. The molecule has 9 heteroatoms. The monoisotopic (exact) mass is 522 g/mol.